The van der Waals surface area contributed by atoms with Gasteiger partial charge in [0.25, 0.3) is 0 Å². The third kappa shape index (κ3) is 2.87. The predicted molar refractivity (Wildman–Crippen MR) is 88.3 cm³/mol. The summed E-state index contributed by atoms with van der Waals surface area (Å²) in [6.45, 7) is 5.07. The van der Waals surface area contributed by atoms with Crippen LogP contribution in [0.3, 0.4) is 0 Å². The van der Waals surface area contributed by atoms with Gasteiger partial charge in [-0.3, -0.25) is 10.4 Å². The lowest BCUT2D eigenvalue weighted by atomic mass is 10.1. The molecule has 1 aliphatic rings. The average molecular weight is 279 g/mol. The maximum Gasteiger partial charge on any atom is 0.108 e. The van der Waals surface area contributed by atoms with Crippen LogP contribution >= 0.6 is 0 Å². The van der Waals surface area contributed by atoms with Crippen molar-refractivity contribution < 1.29 is 0 Å². The van der Waals surface area contributed by atoms with Gasteiger partial charge in [0, 0.05) is 11.3 Å². The van der Waals surface area contributed by atoms with Crippen molar-refractivity contribution in [1.29, 1.82) is 0 Å². The number of nitrogens with zero attached hydrogens (tertiary/aromatic N) is 1. The molecule has 3 nitrogen and oxygen atoms in total. The van der Waals surface area contributed by atoms with Gasteiger partial charge in [0.15, 0.2) is 0 Å². The number of anilines is 1. The summed E-state index contributed by atoms with van der Waals surface area (Å²) in [6, 6.07) is 19.0. The summed E-state index contributed by atoms with van der Waals surface area (Å²) in [5.74, 6) is 0. The van der Waals surface area contributed by atoms with Crippen LogP contribution in [-0.4, -0.2) is 11.7 Å². The molecule has 0 saturated carbocycles. The monoisotopic (exact) mass is 279 g/mol. The maximum absolute atomic E-state index is 3.51. The summed E-state index contributed by atoms with van der Waals surface area (Å²) in [7, 11) is 0. The molecule has 0 unspecified atom stereocenters. The van der Waals surface area contributed by atoms with Crippen molar-refractivity contribution in [2.45, 2.75) is 20.3 Å². The Morgan fingerprint density at radius 2 is 1.90 bits per heavy atom. The molecule has 0 aromatic heterocycles. The average Bonchev–Trinajstić information content (AvgIpc) is 2.91. The van der Waals surface area contributed by atoms with Crippen molar-refractivity contribution in [2.75, 3.05) is 12.1 Å². The van der Waals surface area contributed by atoms with E-state index in [9.17, 15) is 0 Å². The van der Waals surface area contributed by atoms with Gasteiger partial charge in [0.2, 0.25) is 0 Å². The molecule has 1 aliphatic heterocycles. The van der Waals surface area contributed by atoms with Gasteiger partial charge < -0.3 is 5.32 Å². The van der Waals surface area contributed by atoms with E-state index in [1.54, 1.807) is 0 Å². The van der Waals surface area contributed by atoms with Crippen molar-refractivity contribution in [3.05, 3.63) is 71.4 Å². The van der Waals surface area contributed by atoms with Crippen molar-refractivity contribution in [2.24, 2.45) is 0 Å². The van der Waals surface area contributed by atoms with E-state index in [-0.39, 0.29) is 0 Å². The highest BCUT2D eigenvalue weighted by molar-refractivity contribution is 5.70. The first kappa shape index (κ1) is 13.6. The van der Waals surface area contributed by atoms with Gasteiger partial charge in [-0.05, 0) is 31.0 Å². The second kappa shape index (κ2) is 5.92. The zero-order valence-electron chi connectivity index (χ0n) is 12.6. The summed E-state index contributed by atoms with van der Waals surface area (Å²) in [6.07, 6.45) is 0.996. The Hall–Kier alpha value is -2.42. The Kier molecular flexibility index (Phi) is 3.82. The maximum atomic E-state index is 3.51. The molecule has 21 heavy (non-hydrogen) atoms. The summed E-state index contributed by atoms with van der Waals surface area (Å²) in [5, 5.41) is 5.67. The van der Waals surface area contributed by atoms with Crippen LogP contribution in [0.25, 0.3) is 5.70 Å². The SMILES string of the molecule is CCC1=C(c2ccccc2)N(Nc2cccc(C)c2)CN1. The molecule has 2 aromatic rings. The fourth-order valence-electron chi connectivity index (χ4n) is 2.68. The Labute approximate surface area is 126 Å². The standard InChI is InChI=1S/C18H21N3/c1-3-17-18(15-9-5-4-6-10-15)21(13-19-17)20-16-11-7-8-14(2)12-16/h4-12,19-20H,3,13H2,1-2H3. The molecule has 1 heterocycles. The van der Waals surface area contributed by atoms with Crippen LogP contribution in [0, 0.1) is 6.92 Å². The molecule has 3 heteroatoms. The second-order valence-electron chi connectivity index (χ2n) is 5.29. The first-order chi connectivity index (χ1) is 10.3. The zero-order chi connectivity index (χ0) is 14.7. The van der Waals surface area contributed by atoms with E-state index in [2.05, 4.69) is 84.2 Å². The first-order valence-corrected chi connectivity index (χ1v) is 7.41. The number of aryl methyl sites for hydroxylation is 1. The fourth-order valence-corrected chi connectivity index (χ4v) is 2.68. The smallest absolute Gasteiger partial charge is 0.108 e. The molecule has 0 spiro atoms. The van der Waals surface area contributed by atoms with E-state index in [0.29, 0.717) is 0 Å². The van der Waals surface area contributed by atoms with Gasteiger partial charge in [-0.25, -0.2) is 0 Å². The van der Waals surface area contributed by atoms with Crippen LogP contribution < -0.4 is 10.7 Å². The highest BCUT2D eigenvalue weighted by atomic mass is 15.6. The van der Waals surface area contributed by atoms with Crippen molar-refractivity contribution in [3.63, 3.8) is 0 Å². The molecule has 0 fully saturated rings. The molecule has 3 rings (SSSR count). The quantitative estimate of drug-likeness (QED) is 0.887. The third-order valence-corrected chi connectivity index (χ3v) is 3.69. The number of hydrogen-bond donors (Lipinski definition) is 2. The zero-order valence-corrected chi connectivity index (χ0v) is 12.6. The highest BCUT2D eigenvalue weighted by Gasteiger charge is 2.22. The topological polar surface area (TPSA) is 27.3 Å². The molecule has 0 saturated heterocycles. The van der Waals surface area contributed by atoms with Crippen molar-refractivity contribution in [3.8, 4) is 0 Å². The van der Waals surface area contributed by atoms with Crippen LogP contribution in [0.1, 0.15) is 24.5 Å². The van der Waals surface area contributed by atoms with Crippen LogP contribution in [-0.2, 0) is 0 Å². The fraction of sp³-hybridized carbons (Fsp3) is 0.222. The molecule has 2 N–H and O–H groups in total. The minimum atomic E-state index is 0.779. The van der Waals surface area contributed by atoms with Gasteiger partial charge in [0.1, 0.15) is 6.67 Å². The van der Waals surface area contributed by atoms with Gasteiger partial charge >= 0.3 is 0 Å². The van der Waals surface area contributed by atoms with E-state index in [1.165, 1.54) is 22.5 Å². The normalized spacial score (nSPS) is 14.3. The second-order valence-corrected chi connectivity index (χ2v) is 5.29. The Balaban J connectivity index is 1.90. The van der Waals surface area contributed by atoms with Crippen molar-refractivity contribution >= 4 is 11.4 Å². The minimum absolute atomic E-state index is 0.779. The molecule has 0 atom stereocenters. The number of nitrogens with one attached hydrogen (secondary N) is 2. The first-order valence-electron chi connectivity index (χ1n) is 7.41. The Bertz CT molecular complexity index is 647. The number of allylic oxidation sites excluding steroid dienone is 1. The van der Waals surface area contributed by atoms with Crippen LogP contribution in [0.5, 0.6) is 0 Å². The Morgan fingerprint density at radius 3 is 2.62 bits per heavy atom. The van der Waals surface area contributed by atoms with Gasteiger partial charge in [-0.2, -0.15) is 0 Å². The molecular weight excluding hydrogens is 258 g/mol. The van der Waals surface area contributed by atoms with Crippen LogP contribution in [0.2, 0.25) is 0 Å². The summed E-state index contributed by atoms with van der Waals surface area (Å²) in [4.78, 5) is 0. The molecular formula is C18H21N3. The lowest BCUT2D eigenvalue weighted by Crippen LogP contribution is -2.29. The van der Waals surface area contributed by atoms with Gasteiger partial charge in [-0.1, -0.05) is 49.4 Å². The predicted octanol–water partition coefficient (Wildman–Crippen LogP) is 3.96. The van der Waals surface area contributed by atoms with E-state index in [4.69, 9.17) is 0 Å². The van der Waals surface area contributed by atoms with E-state index < -0.39 is 0 Å². The highest BCUT2D eigenvalue weighted by Crippen LogP contribution is 2.28. The number of hydrogen-bond acceptors (Lipinski definition) is 3. The van der Waals surface area contributed by atoms with E-state index in [1.807, 2.05) is 0 Å². The number of benzene rings is 2. The molecule has 2 aromatic carbocycles. The van der Waals surface area contributed by atoms with Crippen molar-refractivity contribution in [1.82, 2.24) is 10.3 Å². The van der Waals surface area contributed by atoms with Crippen LogP contribution in [0.15, 0.2) is 60.3 Å². The third-order valence-electron chi connectivity index (χ3n) is 3.69. The summed E-state index contributed by atoms with van der Waals surface area (Å²) in [5.41, 5.74) is 9.63. The molecule has 0 bridgehead atoms. The summed E-state index contributed by atoms with van der Waals surface area (Å²) >= 11 is 0. The number of rotatable bonds is 4. The van der Waals surface area contributed by atoms with Gasteiger partial charge in [-0.15, -0.1) is 0 Å². The molecule has 0 amide bonds. The summed E-state index contributed by atoms with van der Waals surface area (Å²) < 4.78 is 0. The van der Waals surface area contributed by atoms with Gasteiger partial charge in [0.05, 0.1) is 11.4 Å². The minimum Gasteiger partial charge on any atom is -0.368 e. The van der Waals surface area contributed by atoms with Crippen LogP contribution in [0.4, 0.5) is 5.69 Å². The molecule has 0 aliphatic carbocycles. The molecule has 108 valence electrons. The number of hydrazine groups is 1. The largest absolute Gasteiger partial charge is 0.368 e. The Morgan fingerprint density at radius 1 is 1.10 bits per heavy atom. The molecule has 0 radical (unpaired) electrons. The lowest BCUT2D eigenvalue weighted by Gasteiger charge is -2.24. The van der Waals surface area contributed by atoms with E-state index >= 15 is 0 Å². The van der Waals surface area contributed by atoms with E-state index in [0.717, 1.165) is 18.8 Å². The lowest BCUT2D eigenvalue weighted by molar-refractivity contribution is 0.482.